The van der Waals surface area contributed by atoms with Crippen LogP contribution in [0.3, 0.4) is 0 Å². The van der Waals surface area contributed by atoms with E-state index in [-0.39, 0.29) is 13.2 Å². The second-order valence-corrected chi connectivity index (χ2v) is 12.4. The average molecular weight is 565 g/mol. The van der Waals surface area contributed by atoms with Crippen molar-refractivity contribution in [2.24, 2.45) is 0 Å². The summed E-state index contributed by atoms with van der Waals surface area (Å²) in [6.07, 6.45) is 13.3. The van der Waals surface area contributed by atoms with E-state index in [9.17, 15) is 8.42 Å². The van der Waals surface area contributed by atoms with Crippen LogP contribution in [0.2, 0.25) is 0 Å². The third kappa shape index (κ3) is 7.08. The third-order valence-electron chi connectivity index (χ3n) is 6.61. The maximum absolute atomic E-state index is 12.3. The Bertz CT molecular complexity index is 1470. The summed E-state index contributed by atoms with van der Waals surface area (Å²) in [6.45, 7) is 3.40. The van der Waals surface area contributed by atoms with E-state index in [4.69, 9.17) is 4.74 Å². The van der Waals surface area contributed by atoms with Crippen LogP contribution in [-0.2, 0) is 16.8 Å². The molecule has 39 heavy (non-hydrogen) atoms. The number of pyridine rings is 1. The van der Waals surface area contributed by atoms with E-state index >= 15 is 0 Å². The number of thioether (sulfide) groups is 1. The van der Waals surface area contributed by atoms with E-state index in [2.05, 4.69) is 43.9 Å². The molecule has 0 spiro atoms. The monoisotopic (exact) mass is 564 g/mol. The fourth-order valence-corrected chi connectivity index (χ4v) is 6.86. The van der Waals surface area contributed by atoms with Crippen molar-refractivity contribution in [1.29, 1.82) is 0 Å². The van der Waals surface area contributed by atoms with Gasteiger partial charge in [0.2, 0.25) is 0 Å². The molecule has 2 aliphatic rings. The predicted molar refractivity (Wildman–Crippen MR) is 152 cm³/mol. The molecule has 1 fully saturated rings. The van der Waals surface area contributed by atoms with Crippen molar-refractivity contribution in [2.45, 2.75) is 56.0 Å². The Kier molecular flexibility index (Phi) is 8.98. The number of hydrogen-bond acceptors (Lipinski definition) is 7. The van der Waals surface area contributed by atoms with Gasteiger partial charge in [-0.1, -0.05) is 35.8 Å². The summed E-state index contributed by atoms with van der Waals surface area (Å²) in [5.74, 6) is 7.36. The summed E-state index contributed by atoms with van der Waals surface area (Å²) in [5.41, 5.74) is 2.66. The van der Waals surface area contributed by atoms with Crippen LogP contribution in [0.5, 0.6) is 5.75 Å². The topological polar surface area (TPSA) is 102 Å². The Morgan fingerprint density at radius 2 is 2.05 bits per heavy atom. The number of allylic oxidation sites excluding steroid dienone is 1. The molecule has 3 aromatic rings. The molecular formula is C28H32N6O3S2. The first-order chi connectivity index (χ1) is 19.0. The minimum atomic E-state index is -3.46. The highest BCUT2D eigenvalue weighted by Crippen LogP contribution is 2.31. The van der Waals surface area contributed by atoms with E-state index in [0.717, 1.165) is 47.7 Å². The maximum atomic E-state index is 12.3. The fraction of sp³-hybridized carbons (Fsp3) is 0.393. The number of aryl methyl sites for hydroxylation is 1. The molecule has 1 N–H and O–H groups in total. The van der Waals surface area contributed by atoms with Crippen LogP contribution < -0.4 is 9.46 Å². The number of aromatic nitrogens is 4. The molecule has 0 amide bonds. The van der Waals surface area contributed by atoms with Crippen molar-refractivity contribution in [3.63, 3.8) is 0 Å². The maximum Gasteiger partial charge on any atom is 0.280 e. The van der Waals surface area contributed by atoms with E-state index in [1.165, 1.54) is 10.7 Å². The van der Waals surface area contributed by atoms with Crippen molar-refractivity contribution in [3.8, 4) is 23.3 Å². The molecule has 1 aliphatic carbocycles. The summed E-state index contributed by atoms with van der Waals surface area (Å²) >= 11 is 1.71. The number of hydrogen-bond donors (Lipinski definition) is 1. The number of benzene rings is 1. The van der Waals surface area contributed by atoms with E-state index in [1.54, 1.807) is 24.2 Å². The summed E-state index contributed by atoms with van der Waals surface area (Å²) < 4.78 is 36.7. The van der Waals surface area contributed by atoms with Crippen LogP contribution in [0.4, 0.5) is 0 Å². The minimum absolute atomic E-state index is 0.0670. The first-order valence-corrected chi connectivity index (χ1v) is 15.5. The quantitative estimate of drug-likeness (QED) is 0.309. The summed E-state index contributed by atoms with van der Waals surface area (Å²) in [5, 5.41) is 10.1. The standard InChI is InChI=1S/C28H32N6O3S2/c1-22-19-25(14-13-23(22)9-7-16-30-39(35,36)33-17-5-6-18-33)37-21-27-31-32-28(38-26-11-3-2-4-12-26)34(27)24-10-8-15-29-20-24/h3,8,10-11,13-15,19-20,26,30H,2,4-6,12,16-18,21H2,1H3. The first kappa shape index (κ1) is 27.4. The normalized spacial score (nSPS) is 17.6. The molecule has 3 heterocycles. The molecule has 1 atom stereocenters. The zero-order chi connectivity index (χ0) is 27.1. The highest BCUT2D eigenvalue weighted by Gasteiger charge is 2.24. The molecule has 1 saturated heterocycles. The van der Waals surface area contributed by atoms with Gasteiger partial charge in [0.1, 0.15) is 12.4 Å². The Morgan fingerprint density at radius 3 is 2.79 bits per heavy atom. The van der Waals surface area contributed by atoms with Gasteiger partial charge in [0.15, 0.2) is 11.0 Å². The smallest absolute Gasteiger partial charge is 0.280 e. The molecule has 204 valence electrons. The molecule has 9 nitrogen and oxygen atoms in total. The lowest BCUT2D eigenvalue weighted by Gasteiger charge is -2.16. The van der Waals surface area contributed by atoms with Gasteiger partial charge in [-0.05, 0) is 74.9 Å². The number of ether oxygens (including phenoxy) is 1. The van der Waals surface area contributed by atoms with Gasteiger partial charge in [0, 0.05) is 30.1 Å². The van der Waals surface area contributed by atoms with Gasteiger partial charge >= 0.3 is 0 Å². The molecule has 5 rings (SSSR count). The lowest BCUT2D eigenvalue weighted by molar-refractivity contribution is 0.292. The Morgan fingerprint density at radius 1 is 1.18 bits per heavy atom. The number of rotatable bonds is 9. The lowest BCUT2D eigenvalue weighted by Crippen LogP contribution is -2.38. The number of nitrogens with zero attached hydrogens (tertiary/aromatic N) is 5. The molecule has 1 aromatic carbocycles. The third-order valence-corrected chi connectivity index (χ3v) is 9.33. The SMILES string of the molecule is Cc1cc(OCc2nnc(SC3C=CCCC3)n2-c2cccnc2)ccc1C#CCNS(=O)(=O)N1CCCC1. The van der Waals surface area contributed by atoms with E-state index in [0.29, 0.717) is 29.9 Å². The van der Waals surface area contributed by atoms with Crippen LogP contribution in [-0.4, -0.2) is 57.4 Å². The molecule has 2 aromatic heterocycles. The second-order valence-electron chi connectivity index (χ2n) is 9.46. The molecule has 0 saturated carbocycles. The van der Waals surface area contributed by atoms with Gasteiger partial charge in [-0.3, -0.25) is 9.55 Å². The largest absolute Gasteiger partial charge is 0.486 e. The molecule has 0 radical (unpaired) electrons. The Balaban J connectivity index is 1.24. The van der Waals surface area contributed by atoms with Crippen LogP contribution in [0.15, 0.2) is 60.0 Å². The molecule has 11 heteroatoms. The van der Waals surface area contributed by atoms with Crippen molar-refractivity contribution in [1.82, 2.24) is 28.8 Å². The Hall–Kier alpha value is -3.17. The van der Waals surface area contributed by atoms with Gasteiger partial charge < -0.3 is 4.74 Å². The zero-order valence-electron chi connectivity index (χ0n) is 21.9. The zero-order valence-corrected chi connectivity index (χ0v) is 23.5. The van der Waals surface area contributed by atoms with Crippen molar-refractivity contribution < 1.29 is 13.2 Å². The molecular weight excluding hydrogens is 532 g/mol. The summed E-state index contributed by atoms with van der Waals surface area (Å²) in [4.78, 5) is 4.28. The van der Waals surface area contributed by atoms with Crippen LogP contribution >= 0.6 is 11.8 Å². The minimum Gasteiger partial charge on any atom is -0.486 e. The van der Waals surface area contributed by atoms with E-state index in [1.807, 2.05) is 41.8 Å². The molecule has 1 aliphatic heterocycles. The van der Waals surface area contributed by atoms with Crippen molar-refractivity contribution >= 4 is 22.0 Å². The van der Waals surface area contributed by atoms with Gasteiger partial charge in [-0.2, -0.15) is 17.4 Å². The number of nitrogens with one attached hydrogen (secondary N) is 1. The van der Waals surface area contributed by atoms with E-state index < -0.39 is 10.2 Å². The summed E-state index contributed by atoms with van der Waals surface area (Å²) in [6, 6.07) is 9.55. The van der Waals surface area contributed by atoms with Gasteiger partial charge in [-0.25, -0.2) is 0 Å². The highest BCUT2D eigenvalue weighted by molar-refractivity contribution is 7.99. The van der Waals surface area contributed by atoms with Crippen LogP contribution in [0.25, 0.3) is 5.69 Å². The summed E-state index contributed by atoms with van der Waals surface area (Å²) in [7, 11) is -3.46. The van der Waals surface area contributed by atoms with Crippen molar-refractivity contribution in [2.75, 3.05) is 19.6 Å². The molecule has 0 bridgehead atoms. The van der Waals surface area contributed by atoms with Gasteiger partial charge in [-0.15, -0.1) is 10.2 Å². The predicted octanol–water partition coefficient (Wildman–Crippen LogP) is 4.03. The van der Waals surface area contributed by atoms with Gasteiger partial charge in [0.25, 0.3) is 10.2 Å². The van der Waals surface area contributed by atoms with Crippen LogP contribution in [0, 0.1) is 18.8 Å². The van der Waals surface area contributed by atoms with Gasteiger partial charge in [0.05, 0.1) is 18.4 Å². The second kappa shape index (κ2) is 12.8. The molecule has 1 unspecified atom stereocenters. The lowest BCUT2D eigenvalue weighted by atomic mass is 10.1. The average Bonchev–Trinajstić information content (AvgIpc) is 3.63. The fourth-order valence-electron chi connectivity index (χ4n) is 4.53. The highest BCUT2D eigenvalue weighted by atomic mass is 32.2. The van der Waals surface area contributed by atoms with Crippen LogP contribution in [0.1, 0.15) is 49.1 Å². The van der Waals surface area contributed by atoms with Crippen molar-refractivity contribution in [3.05, 3.63) is 71.8 Å². The first-order valence-electron chi connectivity index (χ1n) is 13.1. The Labute approximate surface area is 234 Å².